The van der Waals surface area contributed by atoms with Crippen molar-refractivity contribution >= 4 is 40.0 Å². The van der Waals surface area contributed by atoms with Crippen LogP contribution in [0.25, 0.3) is 0 Å². The molecule has 192 valence electrons. The monoisotopic (exact) mass is 514 g/mol. The summed E-state index contributed by atoms with van der Waals surface area (Å²) in [5.41, 5.74) is 1.60. The maximum Gasteiger partial charge on any atom is 0.350 e. The number of ether oxygens (including phenoxy) is 4. The summed E-state index contributed by atoms with van der Waals surface area (Å²) in [5.74, 6) is 2.73. The Bertz CT molecular complexity index is 1200. The molecule has 0 amide bonds. The lowest BCUT2D eigenvalue weighted by Crippen LogP contribution is -2.36. The Labute approximate surface area is 213 Å². The van der Waals surface area contributed by atoms with Crippen LogP contribution < -0.4 is 25.0 Å². The van der Waals surface area contributed by atoms with Crippen LogP contribution in [0, 0.1) is 6.92 Å². The van der Waals surface area contributed by atoms with Crippen molar-refractivity contribution in [2.75, 3.05) is 62.7 Å². The molecule has 11 nitrogen and oxygen atoms in total. The van der Waals surface area contributed by atoms with Gasteiger partial charge in [-0.25, -0.2) is 9.78 Å². The molecule has 0 saturated carbocycles. The molecule has 0 radical (unpaired) electrons. The second-order valence-electron chi connectivity index (χ2n) is 7.86. The number of morpholine rings is 1. The van der Waals surface area contributed by atoms with E-state index in [0.717, 1.165) is 24.5 Å². The van der Waals surface area contributed by atoms with Crippen molar-refractivity contribution in [1.29, 1.82) is 0 Å². The highest BCUT2D eigenvalue weighted by Gasteiger charge is 2.19. The smallest absolute Gasteiger partial charge is 0.350 e. The minimum absolute atomic E-state index is 0.304. The molecule has 0 aliphatic carbocycles. The van der Waals surface area contributed by atoms with Gasteiger partial charge in [0.1, 0.15) is 16.5 Å². The van der Waals surface area contributed by atoms with Crippen molar-refractivity contribution in [3.8, 4) is 11.5 Å². The van der Waals surface area contributed by atoms with E-state index in [4.69, 9.17) is 23.9 Å². The van der Waals surface area contributed by atoms with Crippen LogP contribution in [0.1, 0.15) is 27.9 Å². The average molecular weight is 515 g/mol. The van der Waals surface area contributed by atoms with Crippen LogP contribution in [0.5, 0.6) is 11.5 Å². The molecule has 1 fully saturated rings. The lowest BCUT2D eigenvalue weighted by molar-refractivity contribution is 0.0531. The number of nitrogens with zero attached hydrogens (tertiary/aromatic N) is 4. The summed E-state index contributed by atoms with van der Waals surface area (Å²) in [6.45, 7) is 7.10. The molecule has 1 aliphatic rings. The fourth-order valence-electron chi connectivity index (χ4n) is 3.65. The van der Waals surface area contributed by atoms with Crippen LogP contribution in [-0.2, 0) is 16.0 Å². The van der Waals surface area contributed by atoms with Gasteiger partial charge in [-0.1, -0.05) is 17.4 Å². The fraction of sp³-hybridized carbons (Fsp3) is 0.417. The second-order valence-corrected chi connectivity index (χ2v) is 8.86. The van der Waals surface area contributed by atoms with E-state index in [1.165, 1.54) is 11.3 Å². The Hall–Kier alpha value is -3.64. The van der Waals surface area contributed by atoms with Crippen LogP contribution in [-0.4, -0.2) is 68.1 Å². The summed E-state index contributed by atoms with van der Waals surface area (Å²) in [5, 5.41) is 7.04. The molecule has 4 rings (SSSR count). The van der Waals surface area contributed by atoms with E-state index in [9.17, 15) is 4.79 Å². The minimum atomic E-state index is -0.388. The van der Waals surface area contributed by atoms with E-state index in [1.807, 2.05) is 24.3 Å². The van der Waals surface area contributed by atoms with Crippen molar-refractivity contribution < 1.29 is 23.7 Å². The standard InChI is InChI=1S/C24H30N6O5S/c1-5-35-22(31)21-15(2)26-24(36-21)29-23-27-19(13-20(28-23)30-8-10-34-11-9-30)25-14-16-6-7-17(32-3)18(12-16)33-4/h6-7,12-13H,5,8-11,14H2,1-4H3,(H2,25,26,27,28,29). The summed E-state index contributed by atoms with van der Waals surface area (Å²) in [6.07, 6.45) is 0. The number of aromatic nitrogens is 3. The van der Waals surface area contributed by atoms with Gasteiger partial charge in [-0.2, -0.15) is 9.97 Å². The quantitative estimate of drug-likeness (QED) is 0.386. The average Bonchev–Trinajstić information content (AvgIpc) is 3.27. The zero-order valence-electron chi connectivity index (χ0n) is 20.8. The van der Waals surface area contributed by atoms with Gasteiger partial charge in [0.05, 0.1) is 39.7 Å². The summed E-state index contributed by atoms with van der Waals surface area (Å²) in [4.78, 5) is 28.6. The number of nitrogens with one attached hydrogen (secondary N) is 2. The molecule has 0 bridgehead atoms. The molecular weight excluding hydrogens is 484 g/mol. The third-order valence-corrected chi connectivity index (χ3v) is 6.50. The van der Waals surface area contributed by atoms with Gasteiger partial charge in [0.25, 0.3) is 0 Å². The fourth-order valence-corrected chi connectivity index (χ4v) is 4.50. The first kappa shape index (κ1) is 25.5. The van der Waals surface area contributed by atoms with Crippen molar-refractivity contribution in [2.45, 2.75) is 20.4 Å². The first-order valence-electron chi connectivity index (χ1n) is 11.6. The molecule has 1 saturated heterocycles. The Morgan fingerprint density at radius 1 is 1.11 bits per heavy atom. The van der Waals surface area contributed by atoms with Gasteiger partial charge < -0.3 is 29.2 Å². The maximum absolute atomic E-state index is 12.2. The molecule has 2 N–H and O–H groups in total. The second kappa shape index (κ2) is 11.9. The molecule has 0 unspecified atom stereocenters. The number of hydrogen-bond acceptors (Lipinski definition) is 12. The molecule has 12 heteroatoms. The van der Waals surface area contributed by atoms with E-state index >= 15 is 0 Å². The highest BCUT2D eigenvalue weighted by molar-refractivity contribution is 7.17. The van der Waals surface area contributed by atoms with E-state index in [2.05, 4.69) is 25.5 Å². The topological polar surface area (TPSA) is 120 Å². The molecule has 1 aliphatic heterocycles. The number of rotatable bonds is 10. The number of esters is 1. The van der Waals surface area contributed by atoms with Gasteiger partial charge in [-0.3, -0.25) is 5.32 Å². The SMILES string of the molecule is CCOC(=O)c1sc(Nc2nc(NCc3ccc(OC)c(OC)c3)cc(N3CCOCC3)n2)nc1C. The highest BCUT2D eigenvalue weighted by Crippen LogP contribution is 2.29. The van der Waals surface area contributed by atoms with Crippen molar-refractivity contribution in [1.82, 2.24) is 15.0 Å². The van der Waals surface area contributed by atoms with Gasteiger partial charge >= 0.3 is 5.97 Å². The molecule has 3 heterocycles. The maximum atomic E-state index is 12.2. The van der Waals surface area contributed by atoms with E-state index in [0.29, 0.717) is 65.3 Å². The number of aryl methyl sites for hydroxylation is 1. The van der Waals surface area contributed by atoms with Crippen molar-refractivity contribution in [2.24, 2.45) is 0 Å². The van der Waals surface area contributed by atoms with Gasteiger partial charge in [0.2, 0.25) is 5.95 Å². The lowest BCUT2D eigenvalue weighted by atomic mass is 10.2. The number of hydrogen-bond donors (Lipinski definition) is 2. The van der Waals surface area contributed by atoms with Crippen molar-refractivity contribution in [3.05, 3.63) is 40.4 Å². The molecular formula is C24H30N6O5S. The Morgan fingerprint density at radius 2 is 1.89 bits per heavy atom. The van der Waals surface area contributed by atoms with Gasteiger partial charge in [-0.15, -0.1) is 0 Å². The third-order valence-electron chi connectivity index (χ3n) is 5.45. The van der Waals surface area contributed by atoms with Crippen LogP contribution >= 0.6 is 11.3 Å². The zero-order valence-corrected chi connectivity index (χ0v) is 21.6. The van der Waals surface area contributed by atoms with Crippen LogP contribution in [0.3, 0.4) is 0 Å². The van der Waals surface area contributed by atoms with E-state index in [1.54, 1.807) is 28.1 Å². The van der Waals surface area contributed by atoms with Crippen LogP contribution in [0.15, 0.2) is 24.3 Å². The zero-order chi connectivity index (χ0) is 25.5. The molecule has 0 atom stereocenters. The van der Waals surface area contributed by atoms with Gasteiger partial charge in [0, 0.05) is 25.7 Å². The van der Waals surface area contributed by atoms with Crippen molar-refractivity contribution in [3.63, 3.8) is 0 Å². The Balaban J connectivity index is 1.57. The Morgan fingerprint density at radius 3 is 2.61 bits per heavy atom. The predicted octanol–water partition coefficient (Wildman–Crippen LogP) is 3.63. The summed E-state index contributed by atoms with van der Waals surface area (Å²) in [6, 6.07) is 7.67. The summed E-state index contributed by atoms with van der Waals surface area (Å²) in [7, 11) is 3.22. The summed E-state index contributed by atoms with van der Waals surface area (Å²) >= 11 is 1.21. The first-order valence-corrected chi connectivity index (χ1v) is 12.4. The largest absolute Gasteiger partial charge is 0.493 e. The van der Waals surface area contributed by atoms with Crippen LogP contribution in [0.4, 0.5) is 22.7 Å². The first-order chi connectivity index (χ1) is 17.5. The molecule has 1 aromatic carbocycles. The van der Waals surface area contributed by atoms with Gasteiger partial charge in [0.15, 0.2) is 16.6 Å². The van der Waals surface area contributed by atoms with Crippen LogP contribution in [0.2, 0.25) is 0 Å². The number of anilines is 4. The predicted molar refractivity (Wildman–Crippen MR) is 138 cm³/mol. The highest BCUT2D eigenvalue weighted by atomic mass is 32.1. The number of thiazole rings is 1. The number of benzene rings is 1. The third kappa shape index (κ3) is 6.13. The molecule has 3 aromatic rings. The number of carbonyl (C=O) groups is 1. The number of carbonyl (C=O) groups excluding carboxylic acids is 1. The summed E-state index contributed by atoms with van der Waals surface area (Å²) < 4.78 is 21.3. The number of methoxy groups -OCH3 is 2. The normalized spacial score (nSPS) is 13.3. The lowest BCUT2D eigenvalue weighted by Gasteiger charge is -2.28. The molecule has 2 aromatic heterocycles. The molecule has 36 heavy (non-hydrogen) atoms. The van der Waals surface area contributed by atoms with E-state index in [-0.39, 0.29) is 5.97 Å². The minimum Gasteiger partial charge on any atom is -0.493 e. The molecule has 0 spiro atoms. The van der Waals surface area contributed by atoms with E-state index < -0.39 is 0 Å². The van der Waals surface area contributed by atoms with Gasteiger partial charge in [-0.05, 0) is 31.5 Å². The Kier molecular flexibility index (Phi) is 8.39.